The second-order valence-corrected chi connectivity index (χ2v) is 9.34. The number of piperidine rings is 1. The second-order valence-electron chi connectivity index (χ2n) is 9.34. The Kier molecular flexibility index (Phi) is 5.91. The van der Waals surface area contributed by atoms with Gasteiger partial charge in [0.05, 0.1) is 18.4 Å². The van der Waals surface area contributed by atoms with Crippen LogP contribution in [-0.4, -0.2) is 50.6 Å². The molecule has 0 bridgehead atoms. The Hall–Kier alpha value is -3.52. The summed E-state index contributed by atoms with van der Waals surface area (Å²) in [7, 11) is 0. The highest BCUT2D eigenvalue weighted by Gasteiger charge is 2.52. The van der Waals surface area contributed by atoms with Gasteiger partial charge in [-0.2, -0.15) is 5.10 Å². The Labute approximate surface area is 198 Å². The Morgan fingerprint density at radius 2 is 1.74 bits per heavy atom. The van der Waals surface area contributed by atoms with Crippen LogP contribution in [0.15, 0.2) is 60.8 Å². The number of halogens is 1. The second kappa shape index (κ2) is 9.02. The highest BCUT2D eigenvalue weighted by Crippen LogP contribution is 2.35. The molecular weight excluding hydrogens is 433 g/mol. The maximum absolute atomic E-state index is 13.3. The molecule has 2 saturated heterocycles. The van der Waals surface area contributed by atoms with Gasteiger partial charge in [-0.1, -0.05) is 42.5 Å². The zero-order chi connectivity index (χ0) is 23.7. The molecule has 0 saturated carbocycles. The molecule has 8 heteroatoms. The average Bonchev–Trinajstić information content (AvgIpc) is 3.40. The lowest BCUT2D eigenvalue weighted by Gasteiger charge is -2.38. The van der Waals surface area contributed by atoms with Crippen LogP contribution in [0.3, 0.4) is 0 Å². The molecule has 0 aliphatic carbocycles. The minimum Gasteiger partial charge on any atom is -0.323 e. The van der Waals surface area contributed by atoms with Gasteiger partial charge in [-0.25, -0.2) is 9.18 Å². The lowest BCUT2D eigenvalue weighted by atomic mass is 9.78. The third-order valence-corrected chi connectivity index (χ3v) is 7.13. The summed E-state index contributed by atoms with van der Waals surface area (Å²) in [6.45, 7) is 4.42. The lowest BCUT2D eigenvalue weighted by Crippen LogP contribution is -2.53. The van der Waals surface area contributed by atoms with E-state index in [1.165, 1.54) is 17.0 Å². The highest BCUT2D eigenvalue weighted by molar-refractivity contribution is 6.06. The van der Waals surface area contributed by atoms with Gasteiger partial charge in [-0.15, -0.1) is 0 Å². The molecule has 2 aliphatic heterocycles. The van der Waals surface area contributed by atoms with Crippen LogP contribution in [0.4, 0.5) is 9.18 Å². The molecule has 2 fully saturated rings. The number of aromatic amines is 1. The maximum Gasteiger partial charge on any atom is 0.325 e. The molecule has 2 N–H and O–H groups in total. The number of nitrogens with zero attached hydrogens (tertiary/aromatic N) is 3. The number of amides is 3. The first-order valence-corrected chi connectivity index (χ1v) is 11.6. The zero-order valence-electron chi connectivity index (χ0n) is 19.1. The summed E-state index contributed by atoms with van der Waals surface area (Å²) in [5.74, 6) is -0.498. The summed E-state index contributed by atoms with van der Waals surface area (Å²) in [5, 5.41) is 10.3. The third-order valence-electron chi connectivity index (χ3n) is 7.13. The van der Waals surface area contributed by atoms with Crippen LogP contribution < -0.4 is 5.32 Å². The Morgan fingerprint density at radius 1 is 1.03 bits per heavy atom. The van der Waals surface area contributed by atoms with E-state index in [9.17, 15) is 14.0 Å². The van der Waals surface area contributed by atoms with Crippen LogP contribution in [0.2, 0.25) is 0 Å². The Morgan fingerprint density at radius 3 is 2.44 bits per heavy atom. The smallest absolute Gasteiger partial charge is 0.323 e. The van der Waals surface area contributed by atoms with Crippen molar-refractivity contribution in [2.75, 3.05) is 13.1 Å². The summed E-state index contributed by atoms with van der Waals surface area (Å²) in [6.07, 6.45) is 3.50. The number of hydrogen-bond donors (Lipinski definition) is 2. The molecular formula is C26H28FN5O2. The van der Waals surface area contributed by atoms with E-state index >= 15 is 0 Å². The molecule has 0 spiro atoms. The van der Waals surface area contributed by atoms with Crippen molar-refractivity contribution >= 4 is 11.9 Å². The van der Waals surface area contributed by atoms with Gasteiger partial charge in [-0.05, 0) is 62.0 Å². The van der Waals surface area contributed by atoms with Gasteiger partial charge in [-0.3, -0.25) is 19.7 Å². The van der Waals surface area contributed by atoms with E-state index in [4.69, 9.17) is 0 Å². The molecule has 7 nitrogen and oxygen atoms in total. The van der Waals surface area contributed by atoms with Crippen molar-refractivity contribution in [3.63, 3.8) is 0 Å². The molecule has 176 valence electrons. The van der Waals surface area contributed by atoms with Crippen LogP contribution in [0.25, 0.3) is 11.3 Å². The van der Waals surface area contributed by atoms with E-state index in [1.54, 1.807) is 12.1 Å². The largest absolute Gasteiger partial charge is 0.325 e. The summed E-state index contributed by atoms with van der Waals surface area (Å²) < 4.78 is 13.2. The van der Waals surface area contributed by atoms with Gasteiger partial charge in [0.15, 0.2) is 0 Å². The van der Waals surface area contributed by atoms with Gasteiger partial charge in [0.2, 0.25) is 0 Å². The van der Waals surface area contributed by atoms with E-state index in [0.717, 1.165) is 54.9 Å². The molecule has 0 radical (unpaired) electrons. The monoisotopic (exact) mass is 461 g/mol. The minimum atomic E-state index is -0.923. The van der Waals surface area contributed by atoms with Gasteiger partial charge in [0, 0.05) is 12.1 Å². The molecule has 3 aromatic rings. The minimum absolute atomic E-state index is 0.0522. The first-order chi connectivity index (χ1) is 16.4. The number of rotatable bonds is 6. The van der Waals surface area contributed by atoms with Crippen molar-refractivity contribution in [1.82, 2.24) is 25.3 Å². The van der Waals surface area contributed by atoms with Crippen LogP contribution in [0, 0.1) is 11.7 Å². The third kappa shape index (κ3) is 4.21. The number of imide groups is 1. The molecule has 3 amide bonds. The number of carbonyl (C=O) groups excluding carboxylic acids is 2. The quantitative estimate of drug-likeness (QED) is 0.545. The maximum atomic E-state index is 13.3. The number of hydrogen-bond acceptors (Lipinski definition) is 4. The molecule has 5 rings (SSSR count). The first-order valence-electron chi connectivity index (χ1n) is 11.6. The number of likely N-dealkylation sites (tertiary alicyclic amines) is 1. The number of H-pyrrole nitrogens is 1. The Bertz CT molecular complexity index is 1170. The number of urea groups is 1. The topological polar surface area (TPSA) is 81.3 Å². The van der Waals surface area contributed by atoms with Gasteiger partial charge >= 0.3 is 6.03 Å². The van der Waals surface area contributed by atoms with Crippen molar-refractivity contribution in [1.29, 1.82) is 0 Å². The Balaban J connectivity index is 1.22. The van der Waals surface area contributed by atoms with Crippen molar-refractivity contribution in [2.45, 2.75) is 38.4 Å². The molecule has 2 aliphatic rings. The van der Waals surface area contributed by atoms with Gasteiger partial charge < -0.3 is 5.32 Å². The van der Waals surface area contributed by atoms with Crippen LogP contribution >= 0.6 is 0 Å². The molecule has 1 atom stereocenters. The van der Waals surface area contributed by atoms with Crippen molar-refractivity contribution in [3.8, 4) is 11.3 Å². The van der Waals surface area contributed by atoms with Crippen molar-refractivity contribution < 1.29 is 14.0 Å². The number of aromatic nitrogens is 2. The lowest BCUT2D eigenvalue weighted by molar-refractivity contribution is -0.133. The molecule has 3 heterocycles. The molecule has 0 unspecified atom stereocenters. The average molecular weight is 462 g/mol. The SMILES string of the molecule is C[C@]1(C2CCN(Cc3cn[nH]c3-c3ccccc3)CC2)NC(=O)N(Cc2ccc(F)cc2)C1=O. The van der Waals surface area contributed by atoms with Crippen molar-refractivity contribution in [2.24, 2.45) is 5.92 Å². The number of nitrogens with one attached hydrogen (secondary N) is 2. The highest BCUT2D eigenvalue weighted by atomic mass is 19.1. The van der Waals surface area contributed by atoms with E-state index in [-0.39, 0.29) is 30.2 Å². The summed E-state index contributed by atoms with van der Waals surface area (Å²) >= 11 is 0. The van der Waals surface area contributed by atoms with Gasteiger partial charge in [0.25, 0.3) is 5.91 Å². The fraction of sp³-hybridized carbons (Fsp3) is 0.346. The molecule has 2 aromatic carbocycles. The fourth-order valence-corrected chi connectivity index (χ4v) is 5.10. The van der Waals surface area contributed by atoms with Crippen molar-refractivity contribution in [3.05, 3.63) is 77.7 Å². The predicted molar refractivity (Wildman–Crippen MR) is 126 cm³/mol. The molecule has 1 aromatic heterocycles. The van der Waals surface area contributed by atoms with E-state index < -0.39 is 5.54 Å². The normalized spacial score (nSPS) is 21.8. The predicted octanol–water partition coefficient (Wildman–Crippen LogP) is 3.94. The first kappa shape index (κ1) is 22.3. The van der Waals surface area contributed by atoms with Crippen LogP contribution in [0.5, 0.6) is 0 Å². The van der Waals surface area contributed by atoms with E-state index in [0.29, 0.717) is 0 Å². The van der Waals surface area contributed by atoms with Crippen LogP contribution in [0.1, 0.15) is 30.9 Å². The number of carbonyl (C=O) groups is 2. The summed E-state index contributed by atoms with van der Waals surface area (Å²) in [5.41, 5.74) is 3.08. The summed E-state index contributed by atoms with van der Waals surface area (Å²) in [4.78, 5) is 29.6. The van der Waals surface area contributed by atoms with Gasteiger partial charge in [0.1, 0.15) is 11.4 Å². The molecule has 34 heavy (non-hydrogen) atoms. The fourth-order valence-electron chi connectivity index (χ4n) is 5.10. The van der Waals surface area contributed by atoms with E-state index in [1.807, 2.05) is 31.3 Å². The zero-order valence-corrected chi connectivity index (χ0v) is 19.1. The van der Waals surface area contributed by atoms with Crippen LogP contribution in [-0.2, 0) is 17.9 Å². The summed E-state index contributed by atoms with van der Waals surface area (Å²) in [6, 6.07) is 15.6. The number of benzene rings is 2. The van der Waals surface area contributed by atoms with E-state index in [2.05, 4.69) is 32.5 Å². The standard InChI is InChI=1S/C26H28FN5O2/c1-26(24(33)32(25(34)29-26)16-18-7-9-22(27)10-8-18)21-11-13-31(14-12-21)17-20-15-28-30-23(20)19-5-3-2-4-6-19/h2-10,15,21H,11-14,16-17H2,1H3,(H,28,30)(H,29,34)/t26-/m1/s1.